The number of likely N-dealkylation sites (tertiary alicyclic amines) is 1. The van der Waals surface area contributed by atoms with E-state index in [1.807, 2.05) is 23.1 Å². The topological polar surface area (TPSA) is 20.3 Å². The van der Waals surface area contributed by atoms with Crippen molar-refractivity contribution in [3.8, 4) is 0 Å². The zero-order valence-corrected chi connectivity index (χ0v) is 12.3. The van der Waals surface area contributed by atoms with Crippen molar-refractivity contribution in [3.05, 3.63) is 35.9 Å². The zero-order chi connectivity index (χ0) is 13.7. The van der Waals surface area contributed by atoms with Crippen LogP contribution in [0.1, 0.15) is 31.7 Å². The Kier molecular flexibility index (Phi) is 5.26. The Balaban J connectivity index is 1.78. The van der Waals surface area contributed by atoms with E-state index in [0.717, 1.165) is 25.8 Å². The van der Waals surface area contributed by atoms with Crippen LogP contribution in [0, 0.1) is 5.92 Å². The minimum atomic E-state index is 0.242. The number of nitrogens with zero attached hydrogens (tertiary/aromatic N) is 1. The Bertz CT molecular complexity index is 406. The summed E-state index contributed by atoms with van der Waals surface area (Å²) in [7, 11) is 0. The second-order valence-corrected chi connectivity index (χ2v) is 5.72. The Morgan fingerprint density at radius 3 is 2.79 bits per heavy atom. The first-order chi connectivity index (χ1) is 9.22. The first kappa shape index (κ1) is 14.4. The molecule has 1 heterocycles. The molecule has 0 N–H and O–H groups in total. The van der Waals surface area contributed by atoms with Gasteiger partial charge in [0.05, 0.1) is 0 Å². The molecule has 0 aromatic heterocycles. The minimum Gasteiger partial charge on any atom is -0.338 e. The van der Waals surface area contributed by atoms with Crippen molar-refractivity contribution in [1.29, 1.82) is 0 Å². The van der Waals surface area contributed by atoms with Crippen LogP contribution in [0.15, 0.2) is 30.3 Å². The lowest BCUT2D eigenvalue weighted by Gasteiger charge is -2.25. The normalized spacial score (nSPS) is 22.7. The maximum absolute atomic E-state index is 12.2. The maximum atomic E-state index is 12.2. The second-order valence-electron chi connectivity index (χ2n) is 5.41. The molecule has 1 aromatic carbocycles. The summed E-state index contributed by atoms with van der Waals surface area (Å²) in [5.41, 5.74) is 1.30. The molecule has 1 aliphatic heterocycles. The molecule has 2 nitrogen and oxygen atoms in total. The molecule has 19 heavy (non-hydrogen) atoms. The molecule has 2 unspecified atom stereocenters. The van der Waals surface area contributed by atoms with Crippen LogP contribution >= 0.6 is 11.6 Å². The lowest BCUT2D eigenvalue weighted by Crippen LogP contribution is -2.38. The van der Waals surface area contributed by atoms with Gasteiger partial charge in [-0.15, -0.1) is 11.6 Å². The van der Waals surface area contributed by atoms with Crippen LogP contribution in [-0.2, 0) is 11.2 Å². The highest BCUT2D eigenvalue weighted by molar-refractivity contribution is 6.18. The lowest BCUT2D eigenvalue weighted by atomic mass is 10.0. The van der Waals surface area contributed by atoms with Gasteiger partial charge < -0.3 is 4.90 Å². The summed E-state index contributed by atoms with van der Waals surface area (Å²) in [6, 6.07) is 10.6. The number of alkyl halides is 1. The summed E-state index contributed by atoms with van der Waals surface area (Å²) in [4.78, 5) is 14.2. The highest BCUT2D eigenvalue weighted by atomic mass is 35.5. The van der Waals surface area contributed by atoms with E-state index in [0.29, 0.717) is 18.2 Å². The lowest BCUT2D eigenvalue weighted by molar-refractivity contribution is -0.132. The van der Waals surface area contributed by atoms with Crippen molar-refractivity contribution in [3.63, 3.8) is 0 Å². The molecule has 0 saturated carbocycles. The Morgan fingerprint density at radius 2 is 2.11 bits per heavy atom. The molecule has 3 heteroatoms. The van der Waals surface area contributed by atoms with Crippen LogP contribution in [-0.4, -0.2) is 29.3 Å². The summed E-state index contributed by atoms with van der Waals surface area (Å²) in [6.07, 6.45) is 3.61. The summed E-state index contributed by atoms with van der Waals surface area (Å²) in [5, 5.41) is 0. The average Bonchev–Trinajstić information content (AvgIpc) is 2.81. The van der Waals surface area contributed by atoms with Crippen molar-refractivity contribution < 1.29 is 4.79 Å². The van der Waals surface area contributed by atoms with Crippen LogP contribution in [0.4, 0.5) is 0 Å². The molecule has 0 aliphatic carbocycles. The van der Waals surface area contributed by atoms with Gasteiger partial charge in [-0.2, -0.15) is 0 Å². The van der Waals surface area contributed by atoms with Gasteiger partial charge in [0.15, 0.2) is 0 Å². The van der Waals surface area contributed by atoms with E-state index in [9.17, 15) is 4.79 Å². The highest BCUT2D eigenvalue weighted by Crippen LogP contribution is 2.25. The number of hydrogen-bond acceptors (Lipinski definition) is 1. The molecule has 1 amide bonds. The van der Waals surface area contributed by atoms with Gasteiger partial charge >= 0.3 is 0 Å². The zero-order valence-electron chi connectivity index (χ0n) is 11.5. The van der Waals surface area contributed by atoms with Gasteiger partial charge in [-0.3, -0.25) is 4.79 Å². The second kappa shape index (κ2) is 6.95. The van der Waals surface area contributed by atoms with E-state index >= 15 is 0 Å². The van der Waals surface area contributed by atoms with E-state index < -0.39 is 0 Å². The number of carbonyl (C=O) groups is 1. The van der Waals surface area contributed by atoms with Crippen molar-refractivity contribution in [2.45, 2.75) is 38.6 Å². The molecule has 1 fully saturated rings. The number of carbonyl (C=O) groups excluding carboxylic acids is 1. The van der Waals surface area contributed by atoms with Gasteiger partial charge in [-0.05, 0) is 30.7 Å². The maximum Gasteiger partial charge on any atom is 0.222 e. The van der Waals surface area contributed by atoms with Gasteiger partial charge in [-0.25, -0.2) is 0 Å². The molecule has 0 radical (unpaired) electrons. The number of benzene rings is 1. The van der Waals surface area contributed by atoms with Crippen LogP contribution in [0.3, 0.4) is 0 Å². The van der Waals surface area contributed by atoms with Crippen LogP contribution in [0.5, 0.6) is 0 Å². The fraction of sp³-hybridized carbons (Fsp3) is 0.562. The number of amides is 1. The molecule has 1 aromatic rings. The summed E-state index contributed by atoms with van der Waals surface area (Å²) in [5.74, 6) is 1.37. The third kappa shape index (κ3) is 3.73. The van der Waals surface area contributed by atoms with E-state index in [1.165, 1.54) is 5.56 Å². The van der Waals surface area contributed by atoms with E-state index in [2.05, 4.69) is 19.1 Å². The predicted octanol–water partition coefficient (Wildman–Crippen LogP) is 3.49. The highest BCUT2D eigenvalue weighted by Gasteiger charge is 2.33. The van der Waals surface area contributed by atoms with Crippen molar-refractivity contribution >= 4 is 17.5 Å². The predicted molar refractivity (Wildman–Crippen MR) is 79.4 cm³/mol. The monoisotopic (exact) mass is 279 g/mol. The van der Waals surface area contributed by atoms with Crippen molar-refractivity contribution in [2.75, 3.05) is 12.4 Å². The summed E-state index contributed by atoms with van der Waals surface area (Å²) >= 11 is 5.98. The first-order valence-corrected chi connectivity index (χ1v) is 7.65. The molecule has 2 rings (SSSR count). The Labute approximate surface area is 120 Å². The fourth-order valence-electron chi connectivity index (χ4n) is 2.79. The quantitative estimate of drug-likeness (QED) is 0.756. The largest absolute Gasteiger partial charge is 0.338 e. The molecule has 104 valence electrons. The molecule has 0 bridgehead atoms. The van der Waals surface area contributed by atoms with Gasteiger partial charge in [0.2, 0.25) is 5.91 Å². The van der Waals surface area contributed by atoms with E-state index in [1.54, 1.807) is 0 Å². The van der Waals surface area contributed by atoms with Gasteiger partial charge in [0, 0.05) is 24.9 Å². The van der Waals surface area contributed by atoms with E-state index in [4.69, 9.17) is 11.6 Å². The van der Waals surface area contributed by atoms with E-state index in [-0.39, 0.29) is 11.9 Å². The average molecular weight is 280 g/mol. The smallest absolute Gasteiger partial charge is 0.222 e. The van der Waals surface area contributed by atoms with Crippen LogP contribution < -0.4 is 0 Å². The molecular formula is C16H22ClNO. The Morgan fingerprint density at radius 1 is 1.37 bits per heavy atom. The standard InChI is InChI=1S/C16H22ClNO/c1-13-10-11-18(15(13)12-17)16(19)9-5-8-14-6-3-2-4-7-14/h2-4,6-7,13,15H,5,8-12H2,1H3. The number of hydrogen-bond donors (Lipinski definition) is 0. The van der Waals surface area contributed by atoms with Gasteiger partial charge in [-0.1, -0.05) is 37.3 Å². The summed E-state index contributed by atoms with van der Waals surface area (Å²) < 4.78 is 0. The summed E-state index contributed by atoms with van der Waals surface area (Å²) in [6.45, 7) is 3.06. The third-order valence-electron chi connectivity index (χ3n) is 4.06. The fourth-order valence-corrected chi connectivity index (χ4v) is 3.26. The Hall–Kier alpha value is -1.02. The van der Waals surface area contributed by atoms with Crippen molar-refractivity contribution in [1.82, 2.24) is 4.90 Å². The molecule has 2 atom stereocenters. The third-order valence-corrected chi connectivity index (χ3v) is 4.38. The molecular weight excluding hydrogens is 258 g/mol. The molecule has 1 saturated heterocycles. The number of aryl methyl sites for hydroxylation is 1. The van der Waals surface area contributed by atoms with Crippen LogP contribution in [0.2, 0.25) is 0 Å². The number of halogens is 1. The number of rotatable bonds is 5. The molecule has 1 aliphatic rings. The minimum absolute atomic E-state index is 0.242. The van der Waals surface area contributed by atoms with Gasteiger partial charge in [0.25, 0.3) is 0 Å². The van der Waals surface area contributed by atoms with Crippen molar-refractivity contribution in [2.24, 2.45) is 5.92 Å². The SMILES string of the molecule is CC1CCN(C(=O)CCCc2ccccc2)C1CCl. The first-order valence-electron chi connectivity index (χ1n) is 7.11. The molecule has 0 spiro atoms. The van der Waals surface area contributed by atoms with Gasteiger partial charge in [0.1, 0.15) is 0 Å². The van der Waals surface area contributed by atoms with Crippen LogP contribution in [0.25, 0.3) is 0 Å².